The summed E-state index contributed by atoms with van der Waals surface area (Å²) in [4.78, 5) is 38.9. The molecule has 35 heavy (non-hydrogen) atoms. The second kappa shape index (κ2) is 9.36. The SMILES string of the molecule is CC1CC(C)C(C(=O)O)N(C(=O)[C@@H]2C[C@@H]2CNC(=O)OCC2c3ccccc3-c3ccccc32)C1. The Balaban J connectivity index is 1.13. The average Bonchev–Trinajstić information content (AvgIpc) is 3.55. The molecule has 3 aliphatic rings. The van der Waals surface area contributed by atoms with E-state index in [2.05, 4.69) is 36.5 Å². The molecule has 5 rings (SSSR count). The molecule has 2 aromatic carbocycles. The fourth-order valence-corrected chi connectivity index (χ4v) is 6.05. The molecule has 1 saturated carbocycles. The van der Waals surface area contributed by atoms with E-state index in [1.807, 2.05) is 31.2 Å². The molecule has 1 aliphatic heterocycles. The van der Waals surface area contributed by atoms with E-state index in [1.165, 1.54) is 11.1 Å². The Morgan fingerprint density at radius 3 is 2.26 bits per heavy atom. The largest absolute Gasteiger partial charge is 0.480 e. The number of likely N-dealkylation sites (tertiary alicyclic amines) is 1. The van der Waals surface area contributed by atoms with Gasteiger partial charge in [0.05, 0.1) is 0 Å². The fraction of sp³-hybridized carbons (Fsp3) is 0.464. The third-order valence-corrected chi connectivity index (χ3v) is 7.79. The molecule has 0 spiro atoms. The Labute approximate surface area is 205 Å². The molecule has 5 atom stereocenters. The minimum absolute atomic E-state index is 0.000524. The van der Waals surface area contributed by atoms with Gasteiger partial charge in [-0.1, -0.05) is 62.4 Å². The molecule has 0 aromatic heterocycles. The average molecular weight is 477 g/mol. The smallest absolute Gasteiger partial charge is 0.407 e. The predicted molar refractivity (Wildman–Crippen MR) is 131 cm³/mol. The minimum atomic E-state index is -0.938. The number of nitrogens with zero attached hydrogens (tertiary/aromatic N) is 1. The molecule has 2 aliphatic carbocycles. The lowest BCUT2D eigenvalue weighted by atomic mass is 9.84. The first-order valence-corrected chi connectivity index (χ1v) is 12.5. The zero-order valence-electron chi connectivity index (χ0n) is 20.1. The number of carboxylic acids is 1. The summed E-state index contributed by atoms with van der Waals surface area (Å²) in [5.74, 6) is -1.05. The molecular formula is C28H32N2O5. The molecule has 1 saturated heterocycles. The number of aliphatic carboxylic acids is 1. The lowest BCUT2D eigenvalue weighted by Gasteiger charge is -2.40. The second-order valence-electron chi connectivity index (χ2n) is 10.4. The van der Waals surface area contributed by atoms with Crippen LogP contribution in [0.1, 0.15) is 43.7 Å². The molecule has 184 valence electrons. The van der Waals surface area contributed by atoms with E-state index in [1.54, 1.807) is 4.90 Å². The van der Waals surface area contributed by atoms with Crippen molar-refractivity contribution in [3.63, 3.8) is 0 Å². The van der Waals surface area contributed by atoms with Crippen molar-refractivity contribution in [2.24, 2.45) is 23.7 Å². The Kier molecular flexibility index (Phi) is 6.26. The van der Waals surface area contributed by atoms with Crippen molar-refractivity contribution in [1.82, 2.24) is 10.2 Å². The van der Waals surface area contributed by atoms with Gasteiger partial charge in [0.25, 0.3) is 0 Å². The maximum absolute atomic E-state index is 13.1. The lowest BCUT2D eigenvalue weighted by Crippen LogP contribution is -2.54. The van der Waals surface area contributed by atoms with E-state index in [-0.39, 0.29) is 42.1 Å². The number of benzene rings is 2. The second-order valence-corrected chi connectivity index (χ2v) is 10.4. The molecule has 7 heteroatoms. The molecule has 2 fully saturated rings. The highest BCUT2D eigenvalue weighted by atomic mass is 16.5. The van der Waals surface area contributed by atoms with E-state index in [0.717, 1.165) is 17.5 Å². The number of carbonyl (C=O) groups is 3. The van der Waals surface area contributed by atoms with Crippen LogP contribution in [-0.4, -0.2) is 53.7 Å². The summed E-state index contributed by atoms with van der Waals surface area (Å²) >= 11 is 0. The van der Waals surface area contributed by atoms with Crippen LogP contribution in [0.4, 0.5) is 4.79 Å². The van der Waals surface area contributed by atoms with Gasteiger partial charge >= 0.3 is 12.1 Å². The summed E-state index contributed by atoms with van der Waals surface area (Å²) in [6.45, 7) is 5.03. The number of fused-ring (bicyclic) bond motifs is 3. The number of carboxylic acid groups (broad SMARTS) is 1. The van der Waals surface area contributed by atoms with Gasteiger partial charge in [0.1, 0.15) is 12.6 Å². The zero-order chi connectivity index (χ0) is 24.7. The highest BCUT2D eigenvalue weighted by Crippen LogP contribution is 2.45. The summed E-state index contributed by atoms with van der Waals surface area (Å²) in [6, 6.07) is 15.6. The van der Waals surface area contributed by atoms with Crippen LogP contribution >= 0.6 is 0 Å². The van der Waals surface area contributed by atoms with Crippen LogP contribution in [0.25, 0.3) is 11.1 Å². The first-order valence-electron chi connectivity index (χ1n) is 12.5. The van der Waals surface area contributed by atoms with Gasteiger partial charge in [0.15, 0.2) is 0 Å². The van der Waals surface area contributed by atoms with Crippen molar-refractivity contribution in [3.8, 4) is 11.1 Å². The van der Waals surface area contributed by atoms with Gasteiger partial charge in [-0.3, -0.25) is 4.79 Å². The molecule has 2 aromatic rings. The third-order valence-electron chi connectivity index (χ3n) is 7.79. The standard InChI is InChI=1S/C28H32N2O5/c1-16-11-17(2)25(27(32)33)30(14-16)26(31)23-12-18(23)13-29-28(34)35-15-24-21-9-5-3-7-19(21)20-8-4-6-10-22(20)24/h3-10,16-18,23-25H,11-15H2,1-2H3,(H,29,34)(H,32,33)/t16?,17?,18-,23-,25?/m1/s1. The van der Waals surface area contributed by atoms with E-state index >= 15 is 0 Å². The lowest BCUT2D eigenvalue weighted by molar-refractivity contribution is -0.156. The maximum Gasteiger partial charge on any atom is 0.407 e. The molecular weight excluding hydrogens is 444 g/mol. The van der Waals surface area contributed by atoms with Gasteiger partial charge < -0.3 is 20.1 Å². The van der Waals surface area contributed by atoms with Crippen molar-refractivity contribution in [2.45, 2.75) is 38.6 Å². The number of amides is 2. The molecule has 0 bridgehead atoms. The van der Waals surface area contributed by atoms with Gasteiger partial charge in [-0.15, -0.1) is 0 Å². The van der Waals surface area contributed by atoms with E-state index in [9.17, 15) is 19.5 Å². The van der Waals surface area contributed by atoms with Crippen LogP contribution in [0.2, 0.25) is 0 Å². The van der Waals surface area contributed by atoms with Crippen LogP contribution in [0.15, 0.2) is 48.5 Å². The molecule has 7 nitrogen and oxygen atoms in total. The Morgan fingerprint density at radius 2 is 1.63 bits per heavy atom. The highest BCUT2D eigenvalue weighted by molar-refractivity contribution is 5.87. The van der Waals surface area contributed by atoms with Gasteiger partial charge in [-0.05, 0) is 52.8 Å². The number of nitrogens with one attached hydrogen (secondary N) is 1. The number of piperidine rings is 1. The van der Waals surface area contributed by atoms with Crippen molar-refractivity contribution in [1.29, 1.82) is 0 Å². The third kappa shape index (κ3) is 4.51. The number of rotatable bonds is 6. The quantitative estimate of drug-likeness (QED) is 0.654. The first-order chi connectivity index (χ1) is 16.8. The van der Waals surface area contributed by atoms with Crippen LogP contribution < -0.4 is 5.32 Å². The van der Waals surface area contributed by atoms with Crippen LogP contribution in [0.3, 0.4) is 0 Å². The Morgan fingerprint density at radius 1 is 1.00 bits per heavy atom. The predicted octanol–water partition coefficient (Wildman–Crippen LogP) is 4.12. The first kappa shape index (κ1) is 23.4. The van der Waals surface area contributed by atoms with Crippen molar-refractivity contribution in [2.75, 3.05) is 19.7 Å². The normalized spacial score (nSPS) is 27.0. The summed E-state index contributed by atoms with van der Waals surface area (Å²) in [5.41, 5.74) is 4.68. The summed E-state index contributed by atoms with van der Waals surface area (Å²) < 4.78 is 5.58. The van der Waals surface area contributed by atoms with Gasteiger partial charge in [-0.2, -0.15) is 0 Å². The zero-order valence-corrected chi connectivity index (χ0v) is 20.1. The van der Waals surface area contributed by atoms with Crippen molar-refractivity contribution in [3.05, 3.63) is 59.7 Å². The maximum atomic E-state index is 13.1. The molecule has 2 N–H and O–H groups in total. The molecule has 1 heterocycles. The Bertz CT molecular complexity index is 1100. The topological polar surface area (TPSA) is 95.9 Å². The summed E-state index contributed by atoms with van der Waals surface area (Å²) in [7, 11) is 0. The minimum Gasteiger partial charge on any atom is -0.480 e. The molecule has 3 unspecified atom stereocenters. The van der Waals surface area contributed by atoms with E-state index in [4.69, 9.17) is 4.74 Å². The molecule has 2 amide bonds. The van der Waals surface area contributed by atoms with Crippen LogP contribution in [0, 0.1) is 23.7 Å². The van der Waals surface area contributed by atoms with Crippen molar-refractivity contribution >= 4 is 18.0 Å². The summed E-state index contributed by atoms with van der Waals surface area (Å²) in [6.07, 6.45) is 0.973. The number of hydrogen-bond acceptors (Lipinski definition) is 4. The monoisotopic (exact) mass is 476 g/mol. The Hall–Kier alpha value is -3.35. The van der Waals surface area contributed by atoms with Gasteiger partial charge in [0.2, 0.25) is 5.91 Å². The molecule has 0 radical (unpaired) electrons. The van der Waals surface area contributed by atoms with E-state index < -0.39 is 18.1 Å². The highest BCUT2D eigenvalue weighted by Gasteiger charge is 2.49. The van der Waals surface area contributed by atoms with Crippen molar-refractivity contribution < 1.29 is 24.2 Å². The van der Waals surface area contributed by atoms with E-state index in [0.29, 0.717) is 19.5 Å². The van der Waals surface area contributed by atoms with Gasteiger partial charge in [-0.25, -0.2) is 9.59 Å². The van der Waals surface area contributed by atoms with Crippen LogP contribution in [-0.2, 0) is 14.3 Å². The van der Waals surface area contributed by atoms with Crippen LogP contribution in [0.5, 0.6) is 0 Å². The number of hydrogen-bond donors (Lipinski definition) is 2. The van der Waals surface area contributed by atoms with Gasteiger partial charge in [0, 0.05) is 24.9 Å². The number of carbonyl (C=O) groups excluding carboxylic acids is 2. The number of ether oxygens (including phenoxy) is 1. The fourth-order valence-electron chi connectivity index (χ4n) is 6.05. The number of alkyl carbamates (subject to hydrolysis) is 1. The summed E-state index contributed by atoms with van der Waals surface area (Å²) in [5, 5.41) is 12.5.